The molecule has 1 atom stereocenters. The van der Waals surface area contributed by atoms with Gasteiger partial charge in [0.15, 0.2) is 0 Å². The Morgan fingerprint density at radius 3 is 2.57 bits per heavy atom. The van der Waals surface area contributed by atoms with Gasteiger partial charge in [-0.3, -0.25) is 0 Å². The van der Waals surface area contributed by atoms with Gasteiger partial charge >= 0.3 is 0 Å². The molecule has 2 rings (SSSR count). The standard InChI is InChI=1S/C17H19BrClNO/c1-3-21-17-9-8-15(19)11-16(17)20-12(2)10-13-4-6-14(18)7-5-13/h4-9,11-12,20H,3,10H2,1-2H3. The van der Waals surface area contributed by atoms with Crippen molar-refractivity contribution in [2.75, 3.05) is 11.9 Å². The lowest BCUT2D eigenvalue weighted by atomic mass is 10.1. The molecular formula is C17H19BrClNO. The lowest BCUT2D eigenvalue weighted by Crippen LogP contribution is -2.18. The third-order valence-electron chi connectivity index (χ3n) is 3.10. The van der Waals surface area contributed by atoms with Crippen LogP contribution in [0.5, 0.6) is 5.75 Å². The number of hydrogen-bond acceptors (Lipinski definition) is 2. The number of ether oxygens (including phenoxy) is 1. The molecule has 0 amide bonds. The molecule has 0 saturated heterocycles. The molecule has 112 valence electrons. The van der Waals surface area contributed by atoms with E-state index in [9.17, 15) is 0 Å². The highest BCUT2D eigenvalue weighted by Crippen LogP contribution is 2.29. The van der Waals surface area contributed by atoms with E-state index in [0.29, 0.717) is 11.6 Å². The Morgan fingerprint density at radius 2 is 1.90 bits per heavy atom. The topological polar surface area (TPSA) is 21.3 Å². The summed E-state index contributed by atoms with van der Waals surface area (Å²) in [4.78, 5) is 0. The smallest absolute Gasteiger partial charge is 0.142 e. The van der Waals surface area contributed by atoms with Gasteiger partial charge < -0.3 is 10.1 Å². The summed E-state index contributed by atoms with van der Waals surface area (Å²) in [5.41, 5.74) is 2.23. The van der Waals surface area contributed by atoms with Crippen LogP contribution in [-0.2, 0) is 6.42 Å². The largest absolute Gasteiger partial charge is 0.492 e. The van der Waals surface area contributed by atoms with Crippen LogP contribution in [0.3, 0.4) is 0 Å². The molecule has 1 N–H and O–H groups in total. The molecule has 0 fully saturated rings. The minimum absolute atomic E-state index is 0.281. The first kappa shape index (κ1) is 16.2. The molecule has 1 unspecified atom stereocenters. The van der Waals surface area contributed by atoms with Crippen LogP contribution in [0.1, 0.15) is 19.4 Å². The van der Waals surface area contributed by atoms with Crippen molar-refractivity contribution < 1.29 is 4.74 Å². The van der Waals surface area contributed by atoms with E-state index in [4.69, 9.17) is 16.3 Å². The van der Waals surface area contributed by atoms with Crippen LogP contribution >= 0.6 is 27.5 Å². The zero-order valence-corrected chi connectivity index (χ0v) is 14.5. The first-order valence-corrected chi connectivity index (χ1v) is 8.19. The summed E-state index contributed by atoms with van der Waals surface area (Å²) >= 11 is 9.53. The Morgan fingerprint density at radius 1 is 1.19 bits per heavy atom. The van der Waals surface area contributed by atoms with Gasteiger partial charge in [0.2, 0.25) is 0 Å². The zero-order valence-electron chi connectivity index (χ0n) is 12.2. The summed E-state index contributed by atoms with van der Waals surface area (Å²) in [6, 6.07) is 14.3. The summed E-state index contributed by atoms with van der Waals surface area (Å²) < 4.78 is 6.73. The molecule has 2 nitrogen and oxygen atoms in total. The van der Waals surface area contributed by atoms with Crippen LogP contribution in [0.4, 0.5) is 5.69 Å². The maximum atomic E-state index is 6.08. The lowest BCUT2D eigenvalue weighted by Gasteiger charge is -2.18. The number of benzene rings is 2. The molecule has 21 heavy (non-hydrogen) atoms. The molecule has 0 aliphatic rings. The molecule has 0 heterocycles. The highest BCUT2D eigenvalue weighted by Gasteiger charge is 2.09. The molecule has 0 saturated carbocycles. The summed E-state index contributed by atoms with van der Waals surface area (Å²) in [6.45, 7) is 4.76. The SMILES string of the molecule is CCOc1ccc(Cl)cc1NC(C)Cc1ccc(Br)cc1. The molecule has 2 aromatic carbocycles. The fraction of sp³-hybridized carbons (Fsp3) is 0.294. The van der Waals surface area contributed by atoms with Crippen LogP contribution < -0.4 is 10.1 Å². The molecule has 4 heteroatoms. The quantitative estimate of drug-likeness (QED) is 0.722. The van der Waals surface area contributed by atoms with E-state index in [1.165, 1.54) is 5.56 Å². The number of anilines is 1. The lowest BCUT2D eigenvalue weighted by molar-refractivity contribution is 0.341. The summed E-state index contributed by atoms with van der Waals surface area (Å²) in [7, 11) is 0. The average molecular weight is 369 g/mol. The molecular weight excluding hydrogens is 350 g/mol. The summed E-state index contributed by atoms with van der Waals surface area (Å²) in [5.74, 6) is 0.838. The van der Waals surface area contributed by atoms with Crippen molar-refractivity contribution in [2.24, 2.45) is 0 Å². The molecule has 0 aliphatic heterocycles. The van der Waals surface area contributed by atoms with E-state index in [-0.39, 0.29) is 6.04 Å². The first-order chi connectivity index (χ1) is 10.1. The van der Waals surface area contributed by atoms with E-state index >= 15 is 0 Å². The molecule has 0 aliphatic carbocycles. The normalized spacial score (nSPS) is 12.0. The van der Waals surface area contributed by atoms with Gasteiger partial charge in [0, 0.05) is 15.5 Å². The summed E-state index contributed by atoms with van der Waals surface area (Å²) in [6.07, 6.45) is 0.936. The van der Waals surface area contributed by atoms with Crippen molar-refractivity contribution >= 4 is 33.2 Å². The highest BCUT2D eigenvalue weighted by molar-refractivity contribution is 9.10. The Balaban J connectivity index is 2.06. The molecule has 2 aromatic rings. The second-order valence-electron chi connectivity index (χ2n) is 4.95. The molecule has 0 spiro atoms. The molecule has 0 radical (unpaired) electrons. The van der Waals surface area contributed by atoms with Crippen molar-refractivity contribution in [2.45, 2.75) is 26.3 Å². The zero-order chi connectivity index (χ0) is 15.2. The van der Waals surface area contributed by atoms with Crippen molar-refractivity contribution in [1.82, 2.24) is 0 Å². The van der Waals surface area contributed by atoms with E-state index < -0.39 is 0 Å². The Kier molecular flexibility index (Phi) is 5.95. The summed E-state index contributed by atoms with van der Waals surface area (Å²) in [5, 5.41) is 4.18. The second-order valence-corrected chi connectivity index (χ2v) is 6.30. The van der Waals surface area contributed by atoms with Gasteiger partial charge in [-0.25, -0.2) is 0 Å². The van der Waals surface area contributed by atoms with Gasteiger partial charge in [-0.1, -0.05) is 39.7 Å². The predicted octanol–water partition coefficient (Wildman–Crippen LogP) is 5.54. The average Bonchev–Trinajstić information content (AvgIpc) is 2.44. The van der Waals surface area contributed by atoms with Gasteiger partial charge in [-0.2, -0.15) is 0 Å². The third-order valence-corrected chi connectivity index (χ3v) is 3.86. The van der Waals surface area contributed by atoms with Crippen molar-refractivity contribution in [3.05, 3.63) is 57.5 Å². The van der Waals surface area contributed by atoms with Crippen molar-refractivity contribution in [3.8, 4) is 5.75 Å². The maximum absolute atomic E-state index is 6.08. The third kappa shape index (κ3) is 4.94. The fourth-order valence-electron chi connectivity index (χ4n) is 2.19. The van der Waals surface area contributed by atoms with Crippen LogP contribution in [0.2, 0.25) is 5.02 Å². The first-order valence-electron chi connectivity index (χ1n) is 7.02. The minimum Gasteiger partial charge on any atom is -0.492 e. The van der Waals surface area contributed by atoms with Crippen LogP contribution in [0.25, 0.3) is 0 Å². The van der Waals surface area contributed by atoms with Crippen molar-refractivity contribution in [1.29, 1.82) is 0 Å². The monoisotopic (exact) mass is 367 g/mol. The van der Waals surface area contributed by atoms with Crippen LogP contribution in [0, 0.1) is 0 Å². The Hall–Kier alpha value is -1.19. The maximum Gasteiger partial charge on any atom is 0.142 e. The number of nitrogens with one attached hydrogen (secondary N) is 1. The van der Waals surface area contributed by atoms with E-state index in [1.807, 2.05) is 25.1 Å². The van der Waals surface area contributed by atoms with E-state index in [0.717, 1.165) is 22.3 Å². The number of halogens is 2. The van der Waals surface area contributed by atoms with Crippen LogP contribution in [-0.4, -0.2) is 12.6 Å². The Bertz CT molecular complexity index is 586. The van der Waals surface area contributed by atoms with Crippen molar-refractivity contribution in [3.63, 3.8) is 0 Å². The number of rotatable bonds is 6. The second kappa shape index (κ2) is 7.71. The van der Waals surface area contributed by atoms with Gasteiger partial charge in [0.05, 0.1) is 12.3 Å². The van der Waals surface area contributed by atoms with E-state index in [2.05, 4.69) is 52.4 Å². The van der Waals surface area contributed by atoms with E-state index in [1.54, 1.807) is 0 Å². The van der Waals surface area contributed by atoms with Gasteiger partial charge in [-0.05, 0) is 56.2 Å². The van der Waals surface area contributed by atoms with Gasteiger partial charge in [0.25, 0.3) is 0 Å². The van der Waals surface area contributed by atoms with Gasteiger partial charge in [-0.15, -0.1) is 0 Å². The number of hydrogen-bond donors (Lipinski definition) is 1. The minimum atomic E-state index is 0.281. The predicted molar refractivity (Wildman–Crippen MR) is 93.6 cm³/mol. The fourth-order valence-corrected chi connectivity index (χ4v) is 2.62. The molecule has 0 aromatic heterocycles. The van der Waals surface area contributed by atoms with Gasteiger partial charge in [0.1, 0.15) is 5.75 Å². The molecule has 0 bridgehead atoms. The Labute approximate surface area is 139 Å². The van der Waals surface area contributed by atoms with Crippen LogP contribution in [0.15, 0.2) is 46.9 Å². The highest BCUT2D eigenvalue weighted by atomic mass is 79.9.